The zero-order chi connectivity index (χ0) is 18.4. The van der Waals surface area contributed by atoms with E-state index in [4.69, 9.17) is 0 Å². The lowest BCUT2D eigenvalue weighted by Crippen LogP contribution is -2.37. The van der Waals surface area contributed by atoms with Crippen LogP contribution in [-0.4, -0.2) is 47.1 Å². The van der Waals surface area contributed by atoms with Gasteiger partial charge in [0.2, 0.25) is 0 Å². The van der Waals surface area contributed by atoms with Crippen molar-refractivity contribution in [3.05, 3.63) is 58.6 Å². The average Bonchev–Trinajstić information content (AvgIpc) is 3.02. The number of H-pyrrole nitrogens is 1. The minimum Gasteiger partial charge on any atom is -0.367 e. The lowest BCUT2D eigenvalue weighted by atomic mass is 10.0. The van der Waals surface area contributed by atoms with Crippen LogP contribution in [-0.2, 0) is 0 Å². The van der Waals surface area contributed by atoms with Gasteiger partial charge in [0.1, 0.15) is 11.6 Å². The summed E-state index contributed by atoms with van der Waals surface area (Å²) >= 11 is 0. The van der Waals surface area contributed by atoms with E-state index in [0.29, 0.717) is 28.3 Å². The van der Waals surface area contributed by atoms with E-state index >= 15 is 0 Å². The first-order valence-electron chi connectivity index (χ1n) is 9.46. The highest BCUT2D eigenvalue weighted by molar-refractivity contribution is 5.83. The molecule has 0 radical (unpaired) electrons. The number of hydrogen-bond donors (Lipinski definition) is 1. The van der Waals surface area contributed by atoms with Crippen LogP contribution in [0.15, 0.2) is 47.3 Å². The molecular formula is C21H21FN4O. The van der Waals surface area contributed by atoms with E-state index in [-0.39, 0.29) is 11.4 Å². The van der Waals surface area contributed by atoms with Crippen LogP contribution in [0, 0.1) is 5.82 Å². The molecule has 3 aliphatic rings. The summed E-state index contributed by atoms with van der Waals surface area (Å²) in [5.41, 5.74) is 2.09. The average molecular weight is 364 g/mol. The smallest absolute Gasteiger partial charge is 0.259 e. The molecule has 0 atom stereocenters. The van der Waals surface area contributed by atoms with E-state index in [0.717, 1.165) is 31.9 Å². The molecule has 0 spiro atoms. The van der Waals surface area contributed by atoms with Crippen molar-refractivity contribution in [3.63, 3.8) is 0 Å². The maximum atomic E-state index is 13.5. The van der Waals surface area contributed by atoms with E-state index in [1.54, 1.807) is 12.1 Å². The summed E-state index contributed by atoms with van der Waals surface area (Å²) in [5.74, 6) is 0.0401. The van der Waals surface area contributed by atoms with Crippen molar-refractivity contribution in [2.45, 2.75) is 18.9 Å². The van der Waals surface area contributed by atoms with Gasteiger partial charge in [-0.2, -0.15) is 0 Å². The fourth-order valence-corrected chi connectivity index (χ4v) is 4.30. The summed E-state index contributed by atoms with van der Waals surface area (Å²) in [5, 5.41) is 0.576. The Labute approximate surface area is 156 Å². The zero-order valence-electron chi connectivity index (χ0n) is 15.0. The molecule has 1 aromatic heterocycles. The highest BCUT2D eigenvalue weighted by Crippen LogP contribution is 2.28. The normalized spacial score (nSPS) is 22.2. The number of fused-ring (bicyclic) bond motifs is 5. The number of aromatic nitrogens is 2. The molecule has 6 rings (SSSR count). The quantitative estimate of drug-likeness (QED) is 0.760. The van der Waals surface area contributed by atoms with Crippen LogP contribution in [0.2, 0.25) is 0 Å². The molecule has 4 heterocycles. The maximum Gasteiger partial charge on any atom is 0.259 e. The van der Waals surface area contributed by atoms with Gasteiger partial charge >= 0.3 is 0 Å². The molecule has 3 aliphatic heterocycles. The molecule has 2 bridgehead atoms. The number of nitrogens with zero attached hydrogens (tertiary/aromatic N) is 3. The molecule has 3 aromatic rings. The molecule has 2 aromatic carbocycles. The lowest BCUT2D eigenvalue weighted by Gasteiger charge is -2.33. The van der Waals surface area contributed by atoms with Crippen LogP contribution in [0.3, 0.4) is 0 Å². The first-order chi connectivity index (χ1) is 13.2. The van der Waals surface area contributed by atoms with Crippen molar-refractivity contribution in [1.82, 2.24) is 14.9 Å². The third kappa shape index (κ3) is 3.00. The Morgan fingerprint density at radius 3 is 2.70 bits per heavy atom. The number of benzene rings is 2. The second-order valence-electron chi connectivity index (χ2n) is 7.39. The summed E-state index contributed by atoms with van der Waals surface area (Å²) in [6.07, 6.45) is 2.34. The number of nitrogens with one attached hydrogen (secondary N) is 1. The van der Waals surface area contributed by atoms with Crippen LogP contribution >= 0.6 is 0 Å². The summed E-state index contributed by atoms with van der Waals surface area (Å²) in [4.78, 5) is 25.0. The predicted molar refractivity (Wildman–Crippen MR) is 105 cm³/mol. The standard InChI is InChI=1S/C21H21FN4O/c22-15-3-1-2-14(12-15)20-23-19-5-4-17(13-18(19)21(27)24-20)26-11-10-25-8-6-16(26)7-9-25/h1-5,12-13,16H,6-11H2,(H,23,24,27). The van der Waals surface area contributed by atoms with Crippen molar-refractivity contribution in [1.29, 1.82) is 0 Å². The molecular weight excluding hydrogens is 343 g/mol. The molecule has 0 amide bonds. The van der Waals surface area contributed by atoms with Gasteiger partial charge in [-0.05, 0) is 43.2 Å². The number of halogens is 1. The molecule has 0 unspecified atom stereocenters. The number of anilines is 1. The summed E-state index contributed by atoms with van der Waals surface area (Å²) < 4.78 is 13.5. The molecule has 27 heavy (non-hydrogen) atoms. The minimum absolute atomic E-state index is 0.191. The van der Waals surface area contributed by atoms with Crippen molar-refractivity contribution in [3.8, 4) is 11.4 Å². The number of piperidine rings is 1. The Balaban J connectivity index is 1.56. The van der Waals surface area contributed by atoms with Gasteiger partial charge < -0.3 is 14.8 Å². The molecule has 1 N–H and O–H groups in total. The van der Waals surface area contributed by atoms with Gasteiger partial charge in [0.15, 0.2) is 0 Å². The second-order valence-corrected chi connectivity index (χ2v) is 7.39. The number of hydrogen-bond acceptors (Lipinski definition) is 4. The van der Waals surface area contributed by atoms with Gasteiger partial charge in [0.25, 0.3) is 5.56 Å². The Bertz CT molecular complexity index is 1060. The summed E-state index contributed by atoms with van der Waals surface area (Å²) in [6.45, 7) is 4.38. The minimum atomic E-state index is -0.350. The Kier molecular flexibility index (Phi) is 3.93. The van der Waals surface area contributed by atoms with E-state index in [1.165, 1.54) is 25.0 Å². The maximum absolute atomic E-state index is 13.5. The molecule has 3 saturated heterocycles. The van der Waals surface area contributed by atoms with Gasteiger partial charge in [0.05, 0.1) is 10.9 Å². The van der Waals surface area contributed by atoms with Crippen molar-refractivity contribution in [2.24, 2.45) is 0 Å². The van der Waals surface area contributed by atoms with Crippen molar-refractivity contribution < 1.29 is 4.39 Å². The van der Waals surface area contributed by atoms with Gasteiger partial charge in [0, 0.05) is 43.5 Å². The van der Waals surface area contributed by atoms with Gasteiger partial charge in [-0.3, -0.25) is 4.79 Å². The van der Waals surface area contributed by atoms with E-state index in [1.807, 2.05) is 12.1 Å². The molecule has 0 saturated carbocycles. The highest BCUT2D eigenvalue weighted by atomic mass is 19.1. The van der Waals surface area contributed by atoms with Crippen LogP contribution in [0.5, 0.6) is 0 Å². The molecule has 6 heteroatoms. The van der Waals surface area contributed by atoms with Crippen molar-refractivity contribution in [2.75, 3.05) is 31.1 Å². The fraction of sp³-hybridized carbons (Fsp3) is 0.333. The van der Waals surface area contributed by atoms with Crippen LogP contribution in [0.1, 0.15) is 12.8 Å². The number of rotatable bonds is 2. The first-order valence-corrected chi connectivity index (χ1v) is 9.46. The lowest BCUT2D eigenvalue weighted by molar-refractivity contribution is 0.250. The van der Waals surface area contributed by atoms with Crippen LogP contribution < -0.4 is 10.5 Å². The SMILES string of the molecule is O=c1[nH]c(-c2cccc(F)c2)nc2ccc(N3CCN4CCC3CC4)cc12. The van der Waals surface area contributed by atoms with Gasteiger partial charge in [-0.25, -0.2) is 9.37 Å². The largest absolute Gasteiger partial charge is 0.367 e. The number of aromatic amines is 1. The monoisotopic (exact) mass is 364 g/mol. The topological polar surface area (TPSA) is 52.2 Å². The first kappa shape index (κ1) is 16.4. The summed E-state index contributed by atoms with van der Waals surface area (Å²) in [7, 11) is 0. The summed E-state index contributed by atoms with van der Waals surface area (Å²) in [6, 6.07) is 12.6. The van der Waals surface area contributed by atoms with Crippen molar-refractivity contribution >= 4 is 16.6 Å². The zero-order valence-corrected chi connectivity index (χ0v) is 15.0. The van der Waals surface area contributed by atoms with E-state index < -0.39 is 0 Å². The van der Waals surface area contributed by atoms with Crippen LogP contribution in [0.4, 0.5) is 10.1 Å². The van der Waals surface area contributed by atoms with Crippen LogP contribution in [0.25, 0.3) is 22.3 Å². The van der Waals surface area contributed by atoms with Gasteiger partial charge in [-0.1, -0.05) is 12.1 Å². The Hall–Kier alpha value is -2.73. The Morgan fingerprint density at radius 2 is 1.89 bits per heavy atom. The predicted octanol–water partition coefficient (Wildman–Crippen LogP) is 3.01. The fourth-order valence-electron chi connectivity index (χ4n) is 4.30. The molecule has 5 nitrogen and oxygen atoms in total. The second kappa shape index (κ2) is 6.46. The molecule has 3 fully saturated rings. The molecule has 138 valence electrons. The molecule has 0 aliphatic carbocycles. The highest BCUT2D eigenvalue weighted by Gasteiger charge is 2.29. The Morgan fingerprint density at radius 1 is 1.04 bits per heavy atom. The third-order valence-electron chi connectivity index (χ3n) is 5.77. The van der Waals surface area contributed by atoms with Gasteiger partial charge in [-0.15, -0.1) is 0 Å². The third-order valence-corrected chi connectivity index (χ3v) is 5.77. The van der Waals surface area contributed by atoms with E-state index in [2.05, 4.69) is 25.8 Å². The van der Waals surface area contributed by atoms with E-state index in [9.17, 15) is 9.18 Å².